The SMILES string of the molecule is [Ac].[C-]#[N+]C1=C[C@]2(C)C3=CC(=O)C[C@@H](O)[C@]3(C)CC[C@H]2C(C)(C)C1=O. The molecule has 0 bridgehead atoms. The quantitative estimate of drug-likeness (QED) is 0.481. The summed E-state index contributed by atoms with van der Waals surface area (Å²) >= 11 is 0. The van der Waals surface area contributed by atoms with Crippen molar-refractivity contribution in [3.63, 3.8) is 0 Å². The summed E-state index contributed by atoms with van der Waals surface area (Å²) in [6.45, 7) is 15.2. The standard InChI is InChI=1S/C19H23NO3.Ac/c1-17(2)13-6-7-18(3)14(8-11(21)9-15(18)22)19(13,4)10-12(20-5)16(17)23;/h8,10,13,15,22H,6-7,9H2,1-4H3;/t13-,15+,18+,19-;/m0./s1. The number of rotatable bonds is 0. The van der Waals surface area contributed by atoms with Crippen molar-refractivity contribution in [2.24, 2.45) is 22.2 Å². The van der Waals surface area contributed by atoms with E-state index in [0.717, 1.165) is 18.4 Å². The number of allylic oxidation sites excluding steroid dienone is 3. The molecule has 24 heavy (non-hydrogen) atoms. The van der Waals surface area contributed by atoms with Crippen LogP contribution in [0.1, 0.15) is 47.0 Å². The summed E-state index contributed by atoms with van der Waals surface area (Å²) in [7, 11) is 0. The van der Waals surface area contributed by atoms with E-state index in [2.05, 4.69) is 4.85 Å². The van der Waals surface area contributed by atoms with Crippen LogP contribution in [0.4, 0.5) is 0 Å². The summed E-state index contributed by atoms with van der Waals surface area (Å²) in [5, 5.41) is 10.5. The smallest absolute Gasteiger partial charge is 0.226 e. The minimum atomic E-state index is -0.696. The van der Waals surface area contributed by atoms with Crippen molar-refractivity contribution in [1.29, 1.82) is 0 Å². The van der Waals surface area contributed by atoms with Gasteiger partial charge in [0.2, 0.25) is 5.70 Å². The van der Waals surface area contributed by atoms with E-state index < -0.39 is 22.3 Å². The van der Waals surface area contributed by atoms with Gasteiger partial charge in [0, 0.05) is 66.7 Å². The first kappa shape index (κ1) is 20.0. The number of hydrogen-bond acceptors (Lipinski definition) is 3. The van der Waals surface area contributed by atoms with Crippen LogP contribution in [-0.2, 0) is 9.59 Å². The maximum Gasteiger partial charge on any atom is 0.226 e. The van der Waals surface area contributed by atoms with Crippen LogP contribution in [0.25, 0.3) is 4.85 Å². The van der Waals surface area contributed by atoms with Gasteiger partial charge in [-0.15, -0.1) is 0 Å². The van der Waals surface area contributed by atoms with Crippen molar-refractivity contribution in [2.75, 3.05) is 0 Å². The maximum atomic E-state index is 12.6. The van der Waals surface area contributed by atoms with E-state index in [-0.39, 0.29) is 73.7 Å². The number of hydrogen-bond donors (Lipinski definition) is 1. The van der Waals surface area contributed by atoms with Crippen LogP contribution in [0, 0.1) is 72.8 Å². The molecule has 3 aliphatic carbocycles. The monoisotopic (exact) mass is 540 g/mol. The average molecular weight is 540 g/mol. The minimum Gasteiger partial charge on any atom is -0.392 e. The van der Waals surface area contributed by atoms with Gasteiger partial charge < -0.3 is 9.90 Å². The molecule has 1 fully saturated rings. The van der Waals surface area contributed by atoms with Gasteiger partial charge in [-0.3, -0.25) is 4.79 Å². The fraction of sp³-hybridized carbons (Fsp3) is 0.632. The summed E-state index contributed by atoms with van der Waals surface area (Å²) < 4.78 is 0. The number of ketones is 2. The number of carbonyl (C=O) groups is 2. The molecular formula is C19H23AcNO3. The number of Topliss-reactive ketones (excluding diaryl/α,β-unsaturated/α-hetero) is 1. The maximum absolute atomic E-state index is 12.6. The third-order valence-electron chi connectivity index (χ3n) is 6.55. The van der Waals surface area contributed by atoms with Crippen molar-refractivity contribution in [1.82, 2.24) is 0 Å². The Bertz CT molecular complexity index is 715. The van der Waals surface area contributed by atoms with E-state index in [1.165, 1.54) is 0 Å². The van der Waals surface area contributed by atoms with Gasteiger partial charge in [0.15, 0.2) is 11.6 Å². The summed E-state index contributed by atoms with van der Waals surface area (Å²) in [4.78, 5) is 28.2. The van der Waals surface area contributed by atoms with Crippen LogP contribution in [0.5, 0.6) is 0 Å². The Hall–Kier alpha value is -0.288. The third-order valence-corrected chi connectivity index (χ3v) is 6.55. The van der Waals surface area contributed by atoms with E-state index in [1.54, 1.807) is 12.2 Å². The molecule has 0 aliphatic heterocycles. The fourth-order valence-electron chi connectivity index (χ4n) is 5.19. The van der Waals surface area contributed by atoms with Crippen molar-refractivity contribution >= 4 is 11.6 Å². The molecule has 0 unspecified atom stereocenters. The van der Waals surface area contributed by atoms with Crippen LogP contribution in [0.15, 0.2) is 23.4 Å². The Morgan fingerprint density at radius 2 is 1.88 bits per heavy atom. The van der Waals surface area contributed by atoms with Crippen molar-refractivity contribution in [3.8, 4) is 0 Å². The van der Waals surface area contributed by atoms with Crippen molar-refractivity contribution in [3.05, 3.63) is 34.8 Å². The zero-order valence-corrected chi connectivity index (χ0v) is 19.5. The molecule has 0 heterocycles. The largest absolute Gasteiger partial charge is 0.392 e. The Kier molecular flexibility index (Phi) is 5.14. The molecule has 0 spiro atoms. The zero-order valence-electron chi connectivity index (χ0n) is 14.7. The molecule has 0 amide bonds. The molecule has 0 saturated heterocycles. The van der Waals surface area contributed by atoms with Gasteiger partial charge in [-0.1, -0.05) is 33.8 Å². The van der Waals surface area contributed by atoms with Crippen molar-refractivity contribution < 1.29 is 58.8 Å². The van der Waals surface area contributed by atoms with Gasteiger partial charge in [0.25, 0.3) is 0 Å². The van der Waals surface area contributed by atoms with E-state index in [1.807, 2.05) is 27.7 Å². The Morgan fingerprint density at radius 3 is 2.46 bits per heavy atom. The molecule has 1 saturated carbocycles. The minimum absolute atomic E-state index is 0. The summed E-state index contributed by atoms with van der Waals surface area (Å²) in [5.74, 6) is -0.147. The van der Waals surface area contributed by atoms with Crippen LogP contribution < -0.4 is 0 Å². The number of nitrogens with zero attached hydrogens (tertiary/aromatic N) is 1. The molecule has 4 atom stereocenters. The molecule has 0 aromatic carbocycles. The molecule has 4 nitrogen and oxygen atoms in total. The van der Waals surface area contributed by atoms with E-state index in [9.17, 15) is 14.7 Å². The van der Waals surface area contributed by atoms with Gasteiger partial charge in [0.05, 0.1) is 12.7 Å². The average Bonchev–Trinajstić information content (AvgIpc) is 2.46. The molecule has 5 heteroatoms. The topological polar surface area (TPSA) is 58.7 Å². The fourth-order valence-corrected chi connectivity index (χ4v) is 5.19. The second kappa shape index (κ2) is 6.15. The molecular weight excluding hydrogens is 517 g/mol. The Morgan fingerprint density at radius 1 is 1.25 bits per heavy atom. The van der Waals surface area contributed by atoms with Crippen molar-refractivity contribution in [2.45, 2.75) is 53.1 Å². The number of carbonyl (C=O) groups excluding carboxylic acids is 2. The van der Waals surface area contributed by atoms with Crippen LogP contribution >= 0.6 is 0 Å². The summed E-state index contributed by atoms with van der Waals surface area (Å²) in [6, 6.07) is 0. The summed E-state index contributed by atoms with van der Waals surface area (Å²) in [5.41, 5.74) is -0.587. The van der Waals surface area contributed by atoms with E-state index >= 15 is 0 Å². The van der Waals surface area contributed by atoms with Gasteiger partial charge in [-0.2, -0.15) is 0 Å². The predicted molar refractivity (Wildman–Crippen MR) is 86.1 cm³/mol. The van der Waals surface area contributed by atoms with E-state index in [4.69, 9.17) is 6.57 Å². The van der Waals surface area contributed by atoms with Crippen LogP contribution in [-0.4, -0.2) is 22.8 Å². The molecule has 1 N–H and O–H groups in total. The normalized spacial score (nSPS) is 40.3. The van der Waals surface area contributed by atoms with Gasteiger partial charge in [0.1, 0.15) is 0 Å². The third kappa shape index (κ3) is 2.53. The molecule has 0 aromatic heterocycles. The number of aliphatic hydroxyl groups excluding tert-OH is 1. The Balaban J connectivity index is 0.00000208. The zero-order chi connectivity index (χ0) is 17.2. The molecule has 1 radical (unpaired) electrons. The summed E-state index contributed by atoms with van der Waals surface area (Å²) in [6.07, 6.45) is 4.44. The van der Waals surface area contributed by atoms with Gasteiger partial charge in [-0.25, -0.2) is 4.85 Å². The molecule has 3 rings (SSSR count). The molecule has 0 aromatic rings. The first-order valence-corrected chi connectivity index (χ1v) is 8.16. The molecule has 3 aliphatic rings. The van der Waals surface area contributed by atoms with Gasteiger partial charge >= 0.3 is 0 Å². The first-order chi connectivity index (χ1) is 10.6. The second-order valence-corrected chi connectivity index (χ2v) is 8.23. The molecule has 125 valence electrons. The van der Waals surface area contributed by atoms with Crippen LogP contribution in [0.2, 0.25) is 0 Å². The first-order valence-electron chi connectivity index (χ1n) is 8.16. The van der Waals surface area contributed by atoms with Crippen LogP contribution in [0.3, 0.4) is 0 Å². The number of aliphatic hydroxyl groups is 1. The predicted octanol–water partition coefficient (Wildman–Crippen LogP) is 3.08. The van der Waals surface area contributed by atoms with Gasteiger partial charge in [-0.05, 0) is 30.4 Å². The van der Waals surface area contributed by atoms with E-state index in [0.29, 0.717) is 0 Å². The second-order valence-electron chi connectivity index (χ2n) is 8.23. The number of fused-ring (bicyclic) bond motifs is 3. The Labute approximate surface area is 179 Å².